The maximum atomic E-state index is 6.16. The fourth-order valence-corrected chi connectivity index (χ4v) is 3.13. The molecule has 4 nitrogen and oxygen atoms in total. The normalized spacial score (nSPS) is 11.2. The first-order valence-corrected chi connectivity index (χ1v) is 8.21. The second-order valence-corrected chi connectivity index (χ2v) is 6.34. The SMILES string of the molecule is Cn1ncc2c(Cl)nc(CSCc3ccc(Cl)cc3)nc21. The maximum absolute atomic E-state index is 6.16. The zero-order valence-corrected chi connectivity index (χ0v) is 13.6. The van der Waals surface area contributed by atoms with Crippen molar-refractivity contribution in [3.05, 3.63) is 52.0 Å². The minimum Gasteiger partial charge on any atom is -0.250 e. The Bertz CT molecular complexity index is 770. The lowest BCUT2D eigenvalue weighted by atomic mass is 10.2. The number of hydrogen-bond acceptors (Lipinski definition) is 4. The summed E-state index contributed by atoms with van der Waals surface area (Å²) >= 11 is 13.8. The Morgan fingerprint density at radius 1 is 1.10 bits per heavy atom. The van der Waals surface area contributed by atoms with Crippen molar-refractivity contribution in [3.8, 4) is 0 Å². The Labute approximate surface area is 136 Å². The minimum absolute atomic E-state index is 0.454. The van der Waals surface area contributed by atoms with Crippen molar-refractivity contribution >= 4 is 46.0 Å². The van der Waals surface area contributed by atoms with E-state index in [4.69, 9.17) is 23.2 Å². The topological polar surface area (TPSA) is 43.6 Å². The number of aromatic nitrogens is 4. The quantitative estimate of drug-likeness (QED) is 0.671. The van der Waals surface area contributed by atoms with Crippen molar-refractivity contribution in [1.29, 1.82) is 0 Å². The van der Waals surface area contributed by atoms with Gasteiger partial charge in [0.25, 0.3) is 0 Å². The molecule has 0 fully saturated rings. The molecule has 0 amide bonds. The van der Waals surface area contributed by atoms with Crippen molar-refractivity contribution in [3.63, 3.8) is 0 Å². The predicted octanol–water partition coefficient (Wildman–Crippen LogP) is 4.10. The van der Waals surface area contributed by atoms with Crippen molar-refractivity contribution in [2.75, 3.05) is 0 Å². The van der Waals surface area contributed by atoms with Gasteiger partial charge in [-0.15, -0.1) is 11.8 Å². The van der Waals surface area contributed by atoms with Gasteiger partial charge in [0, 0.05) is 17.8 Å². The van der Waals surface area contributed by atoms with Crippen LogP contribution in [0.15, 0.2) is 30.5 Å². The number of rotatable bonds is 4. The molecule has 0 aliphatic rings. The molecule has 1 aromatic carbocycles. The first-order valence-electron chi connectivity index (χ1n) is 6.30. The molecule has 0 saturated carbocycles. The molecule has 7 heteroatoms. The molecule has 2 heterocycles. The Morgan fingerprint density at radius 3 is 2.62 bits per heavy atom. The summed E-state index contributed by atoms with van der Waals surface area (Å²) in [4.78, 5) is 8.82. The average Bonchev–Trinajstić information content (AvgIpc) is 2.83. The van der Waals surface area contributed by atoms with Crippen LogP contribution in [0.25, 0.3) is 11.0 Å². The summed E-state index contributed by atoms with van der Waals surface area (Å²) in [6.45, 7) is 0. The zero-order chi connectivity index (χ0) is 14.8. The third-order valence-corrected chi connectivity index (χ3v) is 4.54. The van der Waals surface area contributed by atoms with Crippen molar-refractivity contribution in [2.24, 2.45) is 7.05 Å². The molecule has 0 bridgehead atoms. The summed E-state index contributed by atoms with van der Waals surface area (Å²) < 4.78 is 1.70. The van der Waals surface area contributed by atoms with E-state index in [1.165, 1.54) is 5.56 Å². The molecule has 3 rings (SSSR count). The Balaban J connectivity index is 1.70. The highest BCUT2D eigenvalue weighted by atomic mass is 35.5. The molecular weight excluding hydrogens is 327 g/mol. The van der Waals surface area contributed by atoms with Crippen molar-refractivity contribution in [1.82, 2.24) is 19.7 Å². The van der Waals surface area contributed by atoms with Gasteiger partial charge in [0.1, 0.15) is 11.0 Å². The second kappa shape index (κ2) is 6.22. The van der Waals surface area contributed by atoms with E-state index in [9.17, 15) is 0 Å². The lowest BCUT2D eigenvalue weighted by Gasteiger charge is -2.03. The first kappa shape index (κ1) is 14.6. The van der Waals surface area contributed by atoms with Crippen LogP contribution in [0.5, 0.6) is 0 Å². The van der Waals surface area contributed by atoms with Crippen LogP contribution in [0.2, 0.25) is 10.2 Å². The lowest BCUT2D eigenvalue weighted by Crippen LogP contribution is -1.98. The molecule has 0 atom stereocenters. The third-order valence-electron chi connectivity index (χ3n) is 3.01. The van der Waals surface area contributed by atoms with E-state index in [0.29, 0.717) is 10.9 Å². The Kier molecular flexibility index (Phi) is 4.33. The van der Waals surface area contributed by atoms with Crippen LogP contribution in [-0.4, -0.2) is 19.7 Å². The molecule has 21 heavy (non-hydrogen) atoms. The van der Waals surface area contributed by atoms with Crippen LogP contribution in [0.3, 0.4) is 0 Å². The molecule has 2 aromatic heterocycles. The molecule has 0 radical (unpaired) electrons. The summed E-state index contributed by atoms with van der Waals surface area (Å²) in [6, 6.07) is 7.83. The third kappa shape index (κ3) is 3.31. The minimum atomic E-state index is 0.454. The van der Waals surface area contributed by atoms with Gasteiger partial charge in [-0.1, -0.05) is 35.3 Å². The van der Waals surface area contributed by atoms with Gasteiger partial charge in [0.05, 0.1) is 17.3 Å². The summed E-state index contributed by atoms with van der Waals surface area (Å²) in [5, 5.41) is 6.13. The smallest absolute Gasteiger partial charge is 0.162 e. The molecule has 0 unspecified atom stereocenters. The number of fused-ring (bicyclic) bond motifs is 1. The zero-order valence-electron chi connectivity index (χ0n) is 11.3. The van der Waals surface area contributed by atoms with E-state index in [-0.39, 0.29) is 0 Å². The Morgan fingerprint density at radius 2 is 1.86 bits per heavy atom. The molecule has 108 valence electrons. The highest BCUT2D eigenvalue weighted by Gasteiger charge is 2.09. The van der Waals surface area contributed by atoms with Gasteiger partial charge < -0.3 is 0 Å². The highest BCUT2D eigenvalue weighted by Crippen LogP contribution is 2.22. The van der Waals surface area contributed by atoms with Gasteiger partial charge in [-0.2, -0.15) is 5.10 Å². The van der Waals surface area contributed by atoms with E-state index in [0.717, 1.165) is 27.6 Å². The molecule has 0 N–H and O–H groups in total. The van der Waals surface area contributed by atoms with E-state index in [1.54, 1.807) is 22.6 Å². The van der Waals surface area contributed by atoms with Crippen LogP contribution in [0.4, 0.5) is 0 Å². The van der Waals surface area contributed by atoms with Crippen molar-refractivity contribution in [2.45, 2.75) is 11.5 Å². The number of aryl methyl sites for hydroxylation is 1. The van der Waals surface area contributed by atoms with Crippen LogP contribution in [0.1, 0.15) is 11.4 Å². The largest absolute Gasteiger partial charge is 0.250 e. The van der Waals surface area contributed by atoms with Crippen LogP contribution in [0, 0.1) is 0 Å². The summed E-state index contributed by atoms with van der Waals surface area (Å²) in [6.07, 6.45) is 1.68. The molecule has 0 aliphatic carbocycles. The standard InChI is InChI=1S/C14H12Cl2N4S/c1-20-14-11(6-17-20)13(16)18-12(19-14)8-21-7-9-2-4-10(15)5-3-9/h2-6H,7-8H2,1H3. The molecule has 3 aromatic rings. The molecule has 0 saturated heterocycles. The van der Waals surface area contributed by atoms with Gasteiger partial charge in [0.15, 0.2) is 5.65 Å². The highest BCUT2D eigenvalue weighted by molar-refractivity contribution is 7.97. The van der Waals surface area contributed by atoms with E-state index in [2.05, 4.69) is 15.1 Å². The summed E-state index contributed by atoms with van der Waals surface area (Å²) in [5.74, 6) is 2.29. The van der Waals surface area contributed by atoms with Gasteiger partial charge >= 0.3 is 0 Å². The van der Waals surface area contributed by atoms with Crippen LogP contribution >= 0.6 is 35.0 Å². The van der Waals surface area contributed by atoms with Gasteiger partial charge in [-0.05, 0) is 17.7 Å². The fraction of sp³-hybridized carbons (Fsp3) is 0.214. The number of benzene rings is 1. The number of nitrogens with zero attached hydrogens (tertiary/aromatic N) is 4. The maximum Gasteiger partial charge on any atom is 0.162 e. The Hall–Kier alpha value is -1.30. The summed E-state index contributed by atoms with van der Waals surface area (Å²) in [5.41, 5.74) is 1.98. The van der Waals surface area contributed by atoms with E-state index < -0.39 is 0 Å². The van der Waals surface area contributed by atoms with Gasteiger partial charge in [0.2, 0.25) is 0 Å². The monoisotopic (exact) mass is 338 g/mol. The first-order chi connectivity index (χ1) is 10.1. The lowest BCUT2D eigenvalue weighted by molar-refractivity contribution is 0.782. The van der Waals surface area contributed by atoms with Crippen molar-refractivity contribution < 1.29 is 0 Å². The average molecular weight is 339 g/mol. The van der Waals surface area contributed by atoms with Crippen LogP contribution in [-0.2, 0) is 18.6 Å². The number of hydrogen-bond donors (Lipinski definition) is 0. The summed E-state index contributed by atoms with van der Waals surface area (Å²) in [7, 11) is 1.84. The molecular formula is C14H12Cl2N4S. The van der Waals surface area contributed by atoms with E-state index in [1.807, 2.05) is 31.3 Å². The number of thioether (sulfide) groups is 1. The second-order valence-electron chi connectivity index (χ2n) is 4.56. The number of halogens is 2. The predicted molar refractivity (Wildman–Crippen MR) is 87.8 cm³/mol. The fourth-order valence-electron chi connectivity index (χ4n) is 1.94. The van der Waals surface area contributed by atoms with E-state index >= 15 is 0 Å². The van der Waals surface area contributed by atoms with Gasteiger partial charge in [-0.25, -0.2) is 9.97 Å². The molecule has 0 spiro atoms. The van der Waals surface area contributed by atoms with Crippen LogP contribution < -0.4 is 0 Å². The molecule has 0 aliphatic heterocycles. The van der Waals surface area contributed by atoms with Gasteiger partial charge in [-0.3, -0.25) is 4.68 Å².